The minimum atomic E-state index is -3.65. The molecule has 353 valence electrons. The number of benzene rings is 4. The molecule has 4 aromatic carbocycles. The number of halogens is 9. The van der Waals surface area contributed by atoms with Crippen LogP contribution < -0.4 is 41.2 Å². The summed E-state index contributed by atoms with van der Waals surface area (Å²) < 4.78 is 119. The Balaban J connectivity index is 0.000000381. The number of nitrogens with one attached hydrogen (secondary N) is 3. The molecule has 0 saturated heterocycles. The van der Waals surface area contributed by atoms with Gasteiger partial charge in [-0.1, -0.05) is 62.3 Å². The maximum Gasteiger partial charge on any atom is 0.349 e. The van der Waals surface area contributed by atoms with Crippen molar-refractivity contribution in [3.05, 3.63) is 112 Å². The highest BCUT2D eigenvalue weighted by atomic mass is 79.9. The lowest BCUT2D eigenvalue weighted by atomic mass is 10.3. The van der Waals surface area contributed by atoms with Crippen LogP contribution in [0.25, 0.3) is 5.69 Å². The fourth-order valence-corrected chi connectivity index (χ4v) is 8.19. The Morgan fingerprint density at radius 3 is 1.55 bits per heavy atom. The number of H-pyrrole nitrogens is 1. The number of nitrogens with zero attached hydrogens (tertiary/aromatic N) is 2. The van der Waals surface area contributed by atoms with E-state index in [2.05, 4.69) is 26.8 Å². The van der Waals surface area contributed by atoms with Crippen molar-refractivity contribution >= 4 is 108 Å². The fraction of sp³-hybridized carbons (Fsp3) is 0.167. The van der Waals surface area contributed by atoms with Crippen LogP contribution in [0.4, 0.5) is 22.4 Å². The molecule has 3 radical (unpaired) electrons. The summed E-state index contributed by atoms with van der Waals surface area (Å²) >= 11 is 27.8. The molecule has 0 saturated carbocycles. The van der Waals surface area contributed by atoms with E-state index in [1.807, 2.05) is 0 Å². The minimum Gasteiger partial charge on any atom is -0.495 e. The molecule has 1 aromatic heterocycles. The van der Waals surface area contributed by atoms with Crippen molar-refractivity contribution in [2.24, 2.45) is 5.73 Å². The van der Waals surface area contributed by atoms with Gasteiger partial charge in [-0.3, -0.25) is 25.3 Å². The van der Waals surface area contributed by atoms with Crippen LogP contribution in [0, 0.1) is 5.41 Å². The number of methoxy groups -OCH3 is 2. The minimum absolute atomic E-state index is 0. The second-order valence-electron chi connectivity index (χ2n) is 12.2. The number of hydrogen-bond donors (Lipinski definition) is 4. The van der Waals surface area contributed by atoms with E-state index in [4.69, 9.17) is 70.8 Å². The highest BCUT2D eigenvalue weighted by molar-refractivity contribution is 9.10. The first-order valence-corrected chi connectivity index (χ1v) is 22.9. The van der Waals surface area contributed by atoms with Crippen molar-refractivity contribution < 1.29 is 62.9 Å². The molecule has 0 aliphatic heterocycles. The number of alkyl halides is 4. The van der Waals surface area contributed by atoms with Gasteiger partial charge in [0.1, 0.15) is 32.8 Å². The number of imide groups is 1. The Kier molecular flexibility index (Phi) is 20.5. The van der Waals surface area contributed by atoms with Crippen LogP contribution in [-0.2, 0) is 24.5 Å². The van der Waals surface area contributed by atoms with E-state index >= 15 is 0 Å². The molecule has 3 amide bonds. The molecule has 0 unspecified atom stereocenters. The number of aromatic amines is 1. The summed E-state index contributed by atoms with van der Waals surface area (Å²) in [6.07, 6.45) is -4.34. The van der Waals surface area contributed by atoms with Crippen LogP contribution in [0.3, 0.4) is 0 Å². The lowest BCUT2D eigenvalue weighted by molar-refractivity contribution is -0.114. The lowest BCUT2D eigenvalue weighted by Gasteiger charge is -2.14. The maximum absolute atomic E-state index is 13.0. The first kappa shape index (κ1) is 56.8. The van der Waals surface area contributed by atoms with Crippen LogP contribution in [0.15, 0.2) is 84.5 Å². The van der Waals surface area contributed by atoms with Gasteiger partial charge >= 0.3 is 11.7 Å². The standard InChI is InChI=1S/C18H13Cl2F2N3O6S.C14H11BrCl2O4S.C4H5F2N3O2.B/c1-30-12-4-3-9(7-13(12)32(2,28)29)31-15-10(19)5-8(6-11(15)20)25-18(27)23-17(26)14(24-25)16(21)22;1-20-12-4-3-9(7-13(12)22(2,18)19)21-14-10(16)5-8(15)6-11(14)17;5-2(6)1(7)3(10)9-4(8)11;/h3-7,16H,1-2H3,(H,23,26,27);3-7H,1-2H3;2,7H,(H3,8,9,10,11);. The smallest absolute Gasteiger partial charge is 0.349 e. The molecule has 30 heteroatoms. The molecule has 0 aliphatic rings. The molecule has 5 N–H and O–H groups in total. The van der Waals surface area contributed by atoms with Crippen LogP contribution in [0.5, 0.6) is 34.5 Å². The Hall–Kier alpha value is -5.38. The third-order valence-corrected chi connectivity index (χ3v) is 11.3. The number of primary amides is 1. The number of amides is 3. The van der Waals surface area contributed by atoms with Gasteiger partial charge in [-0.2, -0.15) is 9.78 Å². The summed E-state index contributed by atoms with van der Waals surface area (Å²) in [5.41, 5.74) is -0.760. The number of hydrogen-bond acceptors (Lipinski definition) is 14. The Morgan fingerprint density at radius 1 is 0.788 bits per heavy atom. The number of carbonyl (C=O) groups excluding carboxylic acids is 2. The van der Waals surface area contributed by atoms with E-state index < -0.39 is 67.1 Å². The number of sulfone groups is 2. The van der Waals surface area contributed by atoms with E-state index in [0.29, 0.717) is 19.2 Å². The maximum atomic E-state index is 13.0. The molecule has 1 heterocycles. The monoisotopic (exact) mass is 1110 g/mol. The number of carbonyl (C=O) groups is 2. The topological polar surface area (TPSA) is 269 Å². The molecular formula is C36H29BBrCl4F4N6O12S2. The molecular weight excluding hydrogens is 1080 g/mol. The number of urea groups is 1. The summed E-state index contributed by atoms with van der Waals surface area (Å²) in [6, 6.07) is 12.7. The van der Waals surface area contributed by atoms with Gasteiger partial charge in [0.15, 0.2) is 42.6 Å². The number of nitrogens with two attached hydrogens (primary N) is 1. The number of aromatic nitrogens is 3. The second kappa shape index (κ2) is 23.9. The van der Waals surface area contributed by atoms with Gasteiger partial charge in [0, 0.05) is 37.5 Å². The Labute approximate surface area is 401 Å². The van der Waals surface area contributed by atoms with E-state index in [-0.39, 0.29) is 68.4 Å². The largest absolute Gasteiger partial charge is 0.495 e. The summed E-state index contributed by atoms with van der Waals surface area (Å²) in [7, 11) is -4.41. The third kappa shape index (κ3) is 15.3. The van der Waals surface area contributed by atoms with Crippen molar-refractivity contribution in [2.75, 3.05) is 26.7 Å². The zero-order valence-corrected chi connectivity index (χ0v) is 39.8. The SMILES string of the molecule is COc1ccc(Oc2c(Cl)cc(-n3nc(C(F)F)c(=O)[nH]c3=O)cc2Cl)cc1S(C)(=O)=O.COc1ccc(Oc2c(Cl)cc(Br)cc2Cl)cc1S(C)(=O)=O.N=C(C(=O)NC(N)=O)C(F)F.[B]. The van der Waals surface area contributed by atoms with Crippen LogP contribution in [0.1, 0.15) is 12.1 Å². The van der Waals surface area contributed by atoms with Crippen LogP contribution in [0.2, 0.25) is 20.1 Å². The lowest BCUT2D eigenvalue weighted by Crippen LogP contribution is -2.41. The quantitative estimate of drug-likeness (QED) is 0.0539. The predicted molar refractivity (Wildman–Crippen MR) is 239 cm³/mol. The average Bonchev–Trinajstić information content (AvgIpc) is 3.19. The highest BCUT2D eigenvalue weighted by Gasteiger charge is 2.23. The molecule has 66 heavy (non-hydrogen) atoms. The van der Waals surface area contributed by atoms with Gasteiger partial charge in [0.2, 0.25) is 0 Å². The van der Waals surface area contributed by atoms with Gasteiger partial charge in [-0.15, -0.1) is 0 Å². The number of ether oxygens (including phenoxy) is 4. The van der Waals surface area contributed by atoms with Gasteiger partial charge in [0.05, 0.1) is 40.0 Å². The summed E-state index contributed by atoms with van der Waals surface area (Å²) in [5.74, 6) is -0.653. The second-order valence-corrected chi connectivity index (χ2v) is 18.7. The zero-order chi connectivity index (χ0) is 49.3. The summed E-state index contributed by atoms with van der Waals surface area (Å²) in [5, 5.41) is 11.4. The summed E-state index contributed by atoms with van der Waals surface area (Å²) in [4.78, 5) is 45.3. The van der Waals surface area contributed by atoms with Gasteiger partial charge in [-0.05, 0) is 48.5 Å². The molecule has 0 bridgehead atoms. The van der Waals surface area contributed by atoms with Gasteiger partial charge < -0.3 is 24.7 Å². The number of rotatable bonds is 12. The predicted octanol–water partition coefficient (Wildman–Crippen LogP) is 7.42. The van der Waals surface area contributed by atoms with Gasteiger partial charge in [-0.25, -0.2) is 44.0 Å². The van der Waals surface area contributed by atoms with Crippen molar-refractivity contribution in [3.63, 3.8) is 0 Å². The highest BCUT2D eigenvalue weighted by Crippen LogP contribution is 2.41. The molecule has 0 aliphatic carbocycles. The molecule has 0 fully saturated rings. The first-order chi connectivity index (χ1) is 30.1. The Morgan fingerprint density at radius 2 is 1.20 bits per heavy atom. The van der Waals surface area contributed by atoms with E-state index in [9.17, 15) is 53.6 Å². The van der Waals surface area contributed by atoms with Crippen molar-refractivity contribution in [1.29, 1.82) is 5.41 Å². The van der Waals surface area contributed by atoms with Crippen LogP contribution in [-0.4, -0.2) is 90.8 Å². The van der Waals surface area contributed by atoms with Gasteiger partial charge in [0.25, 0.3) is 24.3 Å². The average molecular weight is 1110 g/mol. The Bertz CT molecular complexity index is 2960. The normalized spacial score (nSPS) is 11.0. The fourth-order valence-electron chi connectivity index (χ4n) is 4.66. The van der Waals surface area contributed by atoms with Crippen molar-refractivity contribution in [2.45, 2.75) is 22.6 Å². The van der Waals surface area contributed by atoms with Crippen molar-refractivity contribution in [1.82, 2.24) is 20.1 Å². The van der Waals surface area contributed by atoms with E-state index in [1.165, 1.54) is 49.9 Å². The molecule has 0 spiro atoms. The molecule has 0 atom stereocenters. The summed E-state index contributed by atoms with van der Waals surface area (Å²) in [6.45, 7) is 0. The van der Waals surface area contributed by atoms with Crippen molar-refractivity contribution in [3.8, 4) is 40.2 Å². The van der Waals surface area contributed by atoms with Crippen LogP contribution >= 0.6 is 62.3 Å². The van der Waals surface area contributed by atoms with E-state index in [1.54, 1.807) is 23.2 Å². The van der Waals surface area contributed by atoms with E-state index in [0.717, 1.165) is 24.6 Å². The molecule has 5 aromatic rings. The third-order valence-electron chi connectivity index (χ3n) is 7.46. The zero-order valence-electron chi connectivity index (χ0n) is 33.6. The first-order valence-electron chi connectivity index (χ1n) is 16.8. The molecule has 18 nitrogen and oxygen atoms in total. The molecule has 5 rings (SSSR count).